The first-order valence-corrected chi connectivity index (χ1v) is 4.03. The number of hydrogen-bond donors (Lipinski definition) is 1. The van der Waals surface area contributed by atoms with Crippen molar-refractivity contribution in [2.24, 2.45) is 7.05 Å². The second-order valence-electron chi connectivity index (χ2n) is 2.94. The number of furan rings is 1. The van der Waals surface area contributed by atoms with Gasteiger partial charge in [-0.25, -0.2) is 4.98 Å². The third-order valence-corrected chi connectivity index (χ3v) is 2.17. The molecule has 0 aromatic carbocycles. The molecule has 0 spiro atoms. The molecule has 2 rings (SSSR count). The van der Waals surface area contributed by atoms with Crippen molar-refractivity contribution < 1.29 is 4.42 Å². The molecule has 0 saturated heterocycles. The van der Waals surface area contributed by atoms with E-state index in [1.807, 2.05) is 30.7 Å². The minimum Gasteiger partial charge on any atom is -0.463 e. The summed E-state index contributed by atoms with van der Waals surface area (Å²) in [5.41, 5.74) is 7.47. The molecule has 0 radical (unpaired) electrons. The molecule has 4 nitrogen and oxygen atoms in total. The lowest BCUT2D eigenvalue weighted by atomic mass is 10.3. The highest BCUT2D eigenvalue weighted by molar-refractivity contribution is 5.58. The van der Waals surface area contributed by atoms with Crippen LogP contribution in [0.4, 0.5) is 5.95 Å². The zero-order valence-electron chi connectivity index (χ0n) is 7.61. The lowest BCUT2D eigenvalue weighted by molar-refractivity contribution is 0.580. The van der Waals surface area contributed by atoms with E-state index in [0.717, 1.165) is 17.1 Å². The first-order valence-electron chi connectivity index (χ1n) is 4.03. The molecule has 4 heteroatoms. The molecule has 0 bridgehead atoms. The number of anilines is 1. The standard InChI is InChI=1S/C9H11N3O/c1-6-8(7-4-3-5-13-7)11-9(10)12(6)2/h3-5H,1-2H3,(H2,10,11). The Labute approximate surface area is 76.0 Å². The summed E-state index contributed by atoms with van der Waals surface area (Å²) in [5, 5.41) is 0. The summed E-state index contributed by atoms with van der Waals surface area (Å²) in [6.45, 7) is 1.96. The number of imidazole rings is 1. The van der Waals surface area contributed by atoms with Crippen molar-refractivity contribution in [1.82, 2.24) is 9.55 Å². The third kappa shape index (κ3) is 1.11. The Bertz CT molecular complexity index is 414. The Hall–Kier alpha value is -1.71. The highest BCUT2D eigenvalue weighted by atomic mass is 16.3. The van der Waals surface area contributed by atoms with Crippen LogP contribution in [0.15, 0.2) is 22.8 Å². The van der Waals surface area contributed by atoms with Gasteiger partial charge in [-0.2, -0.15) is 0 Å². The molecule has 0 aliphatic carbocycles. The first-order chi connectivity index (χ1) is 6.20. The van der Waals surface area contributed by atoms with Crippen LogP contribution in [0.3, 0.4) is 0 Å². The van der Waals surface area contributed by atoms with E-state index in [0.29, 0.717) is 5.95 Å². The molecule has 2 aromatic heterocycles. The number of nitrogens with zero attached hydrogens (tertiary/aromatic N) is 2. The second kappa shape index (κ2) is 2.65. The predicted octanol–water partition coefficient (Wildman–Crippen LogP) is 1.57. The van der Waals surface area contributed by atoms with Crippen LogP contribution < -0.4 is 5.73 Å². The molecular weight excluding hydrogens is 166 g/mol. The van der Waals surface area contributed by atoms with Crippen LogP contribution in [0.1, 0.15) is 5.69 Å². The lowest BCUT2D eigenvalue weighted by Crippen LogP contribution is -1.97. The summed E-state index contributed by atoms with van der Waals surface area (Å²) in [6.07, 6.45) is 1.62. The van der Waals surface area contributed by atoms with Gasteiger partial charge in [-0.05, 0) is 19.1 Å². The Balaban J connectivity index is 2.59. The zero-order chi connectivity index (χ0) is 9.42. The van der Waals surface area contributed by atoms with Crippen molar-refractivity contribution in [2.75, 3.05) is 5.73 Å². The molecule has 13 heavy (non-hydrogen) atoms. The first kappa shape index (κ1) is 7.91. The van der Waals surface area contributed by atoms with Crippen molar-refractivity contribution in [3.05, 3.63) is 24.1 Å². The number of hydrogen-bond acceptors (Lipinski definition) is 3. The van der Waals surface area contributed by atoms with Gasteiger partial charge in [0.25, 0.3) is 0 Å². The largest absolute Gasteiger partial charge is 0.463 e. The minimum absolute atomic E-state index is 0.504. The molecule has 2 N–H and O–H groups in total. The van der Waals surface area contributed by atoms with Crippen molar-refractivity contribution >= 4 is 5.95 Å². The van der Waals surface area contributed by atoms with Crippen molar-refractivity contribution in [3.8, 4) is 11.5 Å². The average Bonchev–Trinajstić information content (AvgIpc) is 2.70. The fourth-order valence-corrected chi connectivity index (χ4v) is 1.25. The maximum atomic E-state index is 5.66. The normalized spacial score (nSPS) is 10.6. The van der Waals surface area contributed by atoms with Gasteiger partial charge in [0, 0.05) is 12.7 Å². The van der Waals surface area contributed by atoms with E-state index in [2.05, 4.69) is 4.98 Å². The quantitative estimate of drug-likeness (QED) is 0.719. The van der Waals surface area contributed by atoms with Crippen molar-refractivity contribution in [2.45, 2.75) is 6.92 Å². The summed E-state index contributed by atoms with van der Waals surface area (Å²) in [6, 6.07) is 3.70. The van der Waals surface area contributed by atoms with Crippen LogP contribution in [0, 0.1) is 6.92 Å². The van der Waals surface area contributed by atoms with E-state index in [9.17, 15) is 0 Å². The monoisotopic (exact) mass is 177 g/mol. The van der Waals surface area contributed by atoms with Gasteiger partial charge in [-0.1, -0.05) is 0 Å². The average molecular weight is 177 g/mol. The molecule has 0 aliphatic rings. The number of nitrogen functional groups attached to an aromatic ring is 1. The van der Waals surface area contributed by atoms with Gasteiger partial charge in [0.1, 0.15) is 5.69 Å². The highest BCUT2D eigenvalue weighted by Crippen LogP contribution is 2.23. The zero-order valence-corrected chi connectivity index (χ0v) is 7.61. The molecule has 68 valence electrons. The maximum Gasteiger partial charge on any atom is 0.200 e. The van der Waals surface area contributed by atoms with Gasteiger partial charge in [0.2, 0.25) is 5.95 Å². The lowest BCUT2D eigenvalue weighted by Gasteiger charge is -1.96. The van der Waals surface area contributed by atoms with E-state index in [4.69, 9.17) is 10.2 Å². The Morgan fingerprint density at radius 3 is 2.77 bits per heavy atom. The molecule has 0 amide bonds. The minimum atomic E-state index is 0.504. The topological polar surface area (TPSA) is 57.0 Å². The van der Waals surface area contributed by atoms with Gasteiger partial charge < -0.3 is 14.7 Å². The molecule has 0 fully saturated rings. The SMILES string of the molecule is Cc1c(-c2ccco2)nc(N)n1C. The number of nitrogens with two attached hydrogens (primary N) is 1. The Kier molecular flexibility index (Phi) is 1.62. The van der Waals surface area contributed by atoms with Crippen LogP contribution in [0.2, 0.25) is 0 Å². The van der Waals surface area contributed by atoms with E-state index < -0.39 is 0 Å². The highest BCUT2D eigenvalue weighted by Gasteiger charge is 2.12. The fourth-order valence-electron chi connectivity index (χ4n) is 1.25. The van der Waals surface area contributed by atoms with Gasteiger partial charge >= 0.3 is 0 Å². The van der Waals surface area contributed by atoms with Crippen LogP contribution in [-0.4, -0.2) is 9.55 Å². The molecule has 2 heterocycles. The van der Waals surface area contributed by atoms with Crippen LogP contribution >= 0.6 is 0 Å². The smallest absolute Gasteiger partial charge is 0.200 e. The fraction of sp³-hybridized carbons (Fsp3) is 0.222. The Morgan fingerprint density at radius 1 is 1.54 bits per heavy atom. The van der Waals surface area contributed by atoms with E-state index in [1.54, 1.807) is 6.26 Å². The summed E-state index contributed by atoms with van der Waals surface area (Å²) >= 11 is 0. The summed E-state index contributed by atoms with van der Waals surface area (Å²) < 4.78 is 7.07. The van der Waals surface area contributed by atoms with Crippen molar-refractivity contribution in [3.63, 3.8) is 0 Å². The number of aromatic nitrogens is 2. The predicted molar refractivity (Wildman–Crippen MR) is 50.1 cm³/mol. The third-order valence-electron chi connectivity index (χ3n) is 2.17. The van der Waals surface area contributed by atoms with Crippen LogP contribution in [-0.2, 0) is 7.05 Å². The summed E-state index contributed by atoms with van der Waals surface area (Å²) in [7, 11) is 1.88. The molecule has 0 saturated carbocycles. The van der Waals surface area contributed by atoms with E-state index in [-0.39, 0.29) is 0 Å². The Morgan fingerprint density at radius 2 is 2.31 bits per heavy atom. The van der Waals surface area contributed by atoms with Crippen LogP contribution in [0.25, 0.3) is 11.5 Å². The van der Waals surface area contributed by atoms with Crippen LogP contribution in [0.5, 0.6) is 0 Å². The second-order valence-corrected chi connectivity index (χ2v) is 2.94. The molecule has 0 unspecified atom stereocenters. The summed E-state index contributed by atoms with van der Waals surface area (Å²) in [4.78, 5) is 4.20. The van der Waals surface area contributed by atoms with Crippen molar-refractivity contribution in [1.29, 1.82) is 0 Å². The van der Waals surface area contributed by atoms with Gasteiger partial charge in [-0.15, -0.1) is 0 Å². The number of rotatable bonds is 1. The van der Waals surface area contributed by atoms with Gasteiger partial charge in [-0.3, -0.25) is 0 Å². The molecule has 0 aliphatic heterocycles. The maximum absolute atomic E-state index is 5.66. The van der Waals surface area contributed by atoms with Gasteiger partial charge in [0.05, 0.1) is 6.26 Å². The van der Waals surface area contributed by atoms with Gasteiger partial charge in [0.15, 0.2) is 5.76 Å². The summed E-state index contributed by atoms with van der Waals surface area (Å²) in [5.74, 6) is 1.26. The van der Waals surface area contributed by atoms with E-state index >= 15 is 0 Å². The molecule has 2 aromatic rings. The molecular formula is C9H11N3O. The van der Waals surface area contributed by atoms with E-state index in [1.165, 1.54) is 0 Å². The molecule has 0 atom stereocenters.